The molecule has 0 aliphatic heterocycles. The van der Waals surface area contributed by atoms with E-state index in [1.807, 2.05) is 0 Å². The molecule has 0 spiro atoms. The van der Waals surface area contributed by atoms with Gasteiger partial charge in [-0.05, 0) is 19.1 Å². The van der Waals surface area contributed by atoms with Crippen LogP contribution in [0.2, 0.25) is 5.02 Å². The van der Waals surface area contributed by atoms with Gasteiger partial charge < -0.3 is 10.5 Å². The molecule has 1 aromatic rings. The van der Waals surface area contributed by atoms with Crippen molar-refractivity contribution in [1.29, 1.82) is 0 Å². The van der Waals surface area contributed by atoms with Gasteiger partial charge >= 0.3 is 5.97 Å². The van der Waals surface area contributed by atoms with Gasteiger partial charge in [0.25, 0.3) is 0 Å². The maximum atomic E-state index is 12.7. The predicted octanol–water partition coefficient (Wildman–Crippen LogP) is 1.73. The molecule has 14 heavy (non-hydrogen) atoms. The number of hydrogen-bond acceptors (Lipinski definition) is 3. The number of ether oxygens (including phenoxy) is 1. The summed E-state index contributed by atoms with van der Waals surface area (Å²) in [6.07, 6.45) is 0. The summed E-state index contributed by atoms with van der Waals surface area (Å²) in [6, 6.07) is 2.92. The van der Waals surface area contributed by atoms with Gasteiger partial charge in [0, 0.05) is 6.07 Å². The summed E-state index contributed by atoms with van der Waals surface area (Å²) in [4.78, 5) is 11.0. The van der Waals surface area contributed by atoms with E-state index in [1.54, 1.807) is 0 Å². The third-order valence-corrected chi connectivity index (χ3v) is 1.77. The van der Waals surface area contributed by atoms with Gasteiger partial charge in [-0.1, -0.05) is 11.6 Å². The van der Waals surface area contributed by atoms with Crippen molar-refractivity contribution in [2.45, 2.75) is 13.0 Å². The molecule has 1 rings (SSSR count). The fraction of sp³-hybridized carbons (Fsp3) is 0.222. The van der Waals surface area contributed by atoms with Crippen molar-refractivity contribution >= 4 is 17.6 Å². The molecule has 76 valence electrons. The van der Waals surface area contributed by atoms with Gasteiger partial charge in [0.1, 0.15) is 17.6 Å². The molecule has 0 saturated heterocycles. The first-order valence-corrected chi connectivity index (χ1v) is 4.31. The molecular weight excluding hydrogens is 209 g/mol. The maximum absolute atomic E-state index is 12.7. The summed E-state index contributed by atoms with van der Waals surface area (Å²) < 4.78 is 17.5. The summed E-state index contributed by atoms with van der Waals surface area (Å²) in [6.45, 7) is 1.49. The molecule has 5 heteroatoms. The highest BCUT2D eigenvalue weighted by molar-refractivity contribution is 6.30. The number of halogens is 2. The van der Waals surface area contributed by atoms with Crippen molar-refractivity contribution in [1.82, 2.24) is 0 Å². The number of benzene rings is 1. The Labute approximate surface area is 85.6 Å². The number of carbonyl (C=O) groups excluding carboxylic acids is 1. The fourth-order valence-electron chi connectivity index (χ4n) is 0.749. The second-order valence-electron chi connectivity index (χ2n) is 2.79. The number of esters is 1. The molecule has 0 saturated carbocycles. The standard InChI is InChI=1S/C9H9ClFNO2/c1-5(12)9(13)14-6-2-3-8(11)7(10)4-6/h2-5H,12H2,1H3. The van der Waals surface area contributed by atoms with E-state index in [0.29, 0.717) is 0 Å². The Morgan fingerprint density at radius 2 is 2.29 bits per heavy atom. The van der Waals surface area contributed by atoms with E-state index >= 15 is 0 Å². The first-order chi connectivity index (χ1) is 6.50. The molecule has 0 heterocycles. The molecule has 3 nitrogen and oxygen atoms in total. The summed E-state index contributed by atoms with van der Waals surface area (Å²) in [7, 11) is 0. The van der Waals surface area contributed by atoms with E-state index < -0.39 is 17.8 Å². The number of rotatable bonds is 2. The summed E-state index contributed by atoms with van der Waals surface area (Å²) in [5, 5.41) is -0.0972. The molecule has 1 unspecified atom stereocenters. The third kappa shape index (κ3) is 2.68. The summed E-state index contributed by atoms with van der Waals surface area (Å²) in [5.74, 6) is -0.973. The first-order valence-electron chi connectivity index (χ1n) is 3.93. The number of carbonyl (C=O) groups is 1. The van der Waals surface area contributed by atoms with Crippen LogP contribution in [0.3, 0.4) is 0 Å². The molecule has 0 bridgehead atoms. The lowest BCUT2D eigenvalue weighted by Crippen LogP contribution is -2.30. The van der Waals surface area contributed by atoms with Crippen molar-refractivity contribution < 1.29 is 13.9 Å². The van der Waals surface area contributed by atoms with E-state index in [2.05, 4.69) is 0 Å². The Bertz CT molecular complexity index is 355. The largest absolute Gasteiger partial charge is 0.425 e. The Kier molecular flexibility index (Phi) is 3.43. The lowest BCUT2D eigenvalue weighted by atomic mass is 10.3. The van der Waals surface area contributed by atoms with Gasteiger partial charge in [-0.3, -0.25) is 0 Å². The Morgan fingerprint density at radius 3 is 2.79 bits per heavy atom. The molecule has 2 N–H and O–H groups in total. The smallest absolute Gasteiger partial charge is 0.328 e. The van der Waals surface area contributed by atoms with Crippen molar-refractivity contribution in [3.05, 3.63) is 29.0 Å². The van der Waals surface area contributed by atoms with Crippen molar-refractivity contribution in [2.24, 2.45) is 5.73 Å². The Hall–Kier alpha value is -1.13. The van der Waals surface area contributed by atoms with E-state index in [9.17, 15) is 9.18 Å². The lowest BCUT2D eigenvalue weighted by Gasteiger charge is -2.06. The van der Waals surface area contributed by atoms with E-state index in [-0.39, 0.29) is 10.8 Å². The van der Waals surface area contributed by atoms with Crippen LogP contribution < -0.4 is 10.5 Å². The molecule has 0 fully saturated rings. The van der Waals surface area contributed by atoms with Crippen LogP contribution in [0.25, 0.3) is 0 Å². The minimum absolute atomic E-state index is 0.0972. The average Bonchev–Trinajstić information content (AvgIpc) is 2.11. The van der Waals surface area contributed by atoms with Crippen LogP contribution in [0.15, 0.2) is 18.2 Å². The number of nitrogens with two attached hydrogens (primary N) is 1. The van der Waals surface area contributed by atoms with Crippen LogP contribution in [0, 0.1) is 5.82 Å². The number of hydrogen-bond donors (Lipinski definition) is 1. The molecule has 0 aliphatic carbocycles. The topological polar surface area (TPSA) is 52.3 Å². The zero-order chi connectivity index (χ0) is 10.7. The van der Waals surface area contributed by atoms with Crippen LogP contribution in [-0.4, -0.2) is 12.0 Å². The third-order valence-electron chi connectivity index (χ3n) is 1.48. The summed E-state index contributed by atoms with van der Waals surface area (Å²) in [5.41, 5.74) is 5.27. The fourth-order valence-corrected chi connectivity index (χ4v) is 0.920. The van der Waals surface area contributed by atoms with Gasteiger partial charge in [-0.2, -0.15) is 0 Å². The Balaban J connectivity index is 2.78. The minimum Gasteiger partial charge on any atom is -0.425 e. The zero-order valence-corrected chi connectivity index (χ0v) is 8.22. The van der Waals surface area contributed by atoms with Crippen molar-refractivity contribution in [3.63, 3.8) is 0 Å². The minimum atomic E-state index is -0.723. The SMILES string of the molecule is CC(N)C(=O)Oc1ccc(F)c(Cl)c1. The van der Waals surface area contributed by atoms with Crippen LogP contribution in [0.5, 0.6) is 5.75 Å². The molecule has 0 amide bonds. The summed E-state index contributed by atoms with van der Waals surface area (Å²) >= 11 is 5.48. The second kappa shape index (κ2) is 4.39. The average molecular weight is 218 g/mol. The molecule has 0 aliphatic rings. The van der Waals surface area contributed by atoms with Crippen LogP contribution in [0.1, 0.15) is 6.92 Å². The molecular formula is C9H9ClFNO2. The first kappa shape index (κ1) is 10.9. The molecule has 0 radical (unpaired) electrons. The maximum Gasteiger partial charge on any atom is 0.328 e. The van der Waals surface area contributed by atoms with Crippen LogP contribution >= 0.6 is 11.6 Å². The zero-order valence-electron chi connectivity index (χ0n) is 7.46. The predicted molar refractivity (Wildman–Crippen MR) is 50.7 cm³/mol. The highest BCUT2D eigenvalue weighted by Crippen LogP contribution is 2.21. The van der Waals surface area contributed by atoms with Crippen LogP contribution in [0.4, 0.5) is 4.39 Å². The highest BCUT2D eigenvalue weighted by atomic mass is 35.5. The van der Waals surface area contributed by atoms with Crippen molar-refractivity contribution in [3.8, 4) is 5.75 Å². The van der Waals surface area contributed by atoms with Crippen molar-refractivity contribution in [2.75, 3.05) is 0 Å². The monoisotopic (exact) mass is 217 g/mol. The molecule has 0 aromatic heterocycles. The van der Waals surface area contributed by atoms with Gasteiger partial charge in [0.2, 0.25) is 0 Å². The normalized spacial score (nSPS) is 12.3. The van der Waals surface area contributed by atoms with E-state index in [1.165, 1.54) is 19.1 Å². The van der Waals surface area contributed by atoms with Gasteiger partial charge in [0.15, 0.2) is 0 Å². The highest BCUT2D eigenvalue weighted by Gasteiger charge is 2.11. The second-order valence-corrected chi connectivity index (χ2v) is 3.19. The van der Waals surface area contributed by atoms with Gasteiger partial charge in [0.05, 0.1) is 5.02 Å². The van der Waals surface area contributed by atoms with Crippen LogP contribution in [-0.2, 0) is 4.79 Å². The lowest BCUT2D eigenvalue weighted by molar-refractivity contribution is -0.135. The molecule has 1 aromatic carbocycles. The quantitative estimate of drug-likeness (QED) is 0.606. The Morgan fingerprint density at radius 1 is 1.64 bits per heavy atom. The van der Waals surface area contributed by atoms with E-state index in [4.69, 9.17) is 22.1 Å². The van der Waals surface area contributed by atoms with Gasteiger partial charge in [-0.25, -0.2) is 9.18 Å². The van der Waals surface area contributed by atoms with E-state index in [0.717, 1.165) is 6.07 Å². The van der Waals surface area contributed by atoms with Gasteiger partial charge in [-0.15, -0.1) is 0 Å². The molecule has 1 atom stereocenters.